The van der Waals surface area contributed by atoms with Crippen molar-refractivity contribution in [3.05, 3.63) is 35.9 Å². The van der Waals surface area contributed by atoms with Gasteiger partial charge in [-0.05, 0) is 21.7 Å². The normalized spacial score (nSPS) is 22.1. The van der Waals surface area contributed by atoms with E-state index < -0.39 is 8.80 Å². The lowest BCUT2D eigenvalue weighted by molar-refractivity contribution is 0.444. The molecule has 0 nitrogen and oxygen atoms in total. The van der Waals surface area contributed by atoms with Gasteiger partial charge in [-0.1, -0.05) is 108 Å². The Morgan fingerprint density at radius 3 is 1.64 bits per heavy atom. The molecule has 1 aromatic carbocycles. The van der Waals surface area contributed by atoms with Crippen LogP contribution in [0.15, 0.2) is 30.3 Å². The van der Waals surface area contributed by atoms with Crippen molar-refractivity contribution in [3.8, 4) is 0 Å². The van der Waals surface area contributed by atoms with Crippen LogP contribution in [0.25, 0.3) is 0 Å². The fourth-order valence-corrected chi connectivity index (χ4v) is 11.7. The van der Waals surface area contributed by atoms with E-state index in [1.165, 1.54) is 38.5 Å². The molecule has 122 valence electrons. The molecule has 0 atom stereocenters. The van der Waals surface area contributed by atoms with Gasteiger partial charge in [0.1, 0.15) is 0 Å². The summed E-state index contributed by atoms with van der Waals surface area (Å²) >= 11 is 0. The minimum Gasteiger partial charge on any atom is -0.0622 e. The van der Waals surface area contributed by atoms with Gasteiger partial charge in [-0.2, -0.15) is 0 Å². The van der Waals surface area contributed by atoms with Crippen LogP contribution >= 0.6 is 0 Å². The van der Waals surface area contributed by atoms with Crippen molar-refractivity contribution in [2.75, 3.05) is 0 Å². The predicted octanol–water partition coefficient (Wildman–Crippen LogP) is 6.40. The van der Waals surface area contributed by atoms with Crippen molar-refractivity contribution in [2.24, 2.45) is 0 Å². The average molecular weight is 315 g/mol. The lowest BCUT2D eigenvalue weighted by Crippen LogP contribution is -2.46. The first-order valence-electron chi connectivity index (χ1n) is 9.75. The SMILES string of the molecule is CC(C)(c1ccccc1)[SiH](C1CCCCC1)C1CCCCC1. The lowest BCUT2D eigenvalue weighted by atomic mass is 9.98. The minimum atomic E-state index is -0.832. The van der Waals surface area contributed by atoms with Crippen LogP contribution < -0.4 is 0 Å². The molecular weight excluding hydrogens is 280 g/mol. The largest absolute Gasteiger partial charge is 0.0622 e. The first kappa shape index (κ1) is 16.3. The molecule has 0 amide bonds. The van der Waals surface area contributed by atoms with Gasteiger partial charge in [0.25, 0.3) is 0 Å². The van der Waals surface area contributed by atoms with Gasteiger partial charge < -0.3 is 0 Å². The Kier molecular flexibility index (Phi) is 5.44. The Labute approximate surface area is 139 Å². The molecule has 2 aliphatic carbocycles. The number of hydrogen-bond donors (Lipinski definition) is 0. The molecule has 2 aliphatic rings. The van der Waals surface area contributed by atoms with Gasteiger partial charge in [-0.15, -0.1) is 0 Å². The number of rotatable bonds is 4. The van der Waals surface area contributed by atoms with Crippen LogP contribution in [0.5, 0.6) is 0 Å². The summed E-state index contributed by atoms with van der Waals surface area (Å²) in [5, 5.41) is 0.464. The van der Waals surface area contributed by atoms with E-state index in [1.54, 1.807) is 31.2 Å². The Balaban J connectivity index is 1.89. The maximum absolute atomic E-state index is 2.60. The Hall–Kier alpha value is -0.563. The van der Waals surface area contributed by atoms with Gasteiger partial charge in [-0.3, -0.25) is 0 Å². The third kappa shape index (κ3) is 3.50. The maximum atomic E-state index is 2.60. The fraction of sp³-hybridized carbons (Fsp3) is 0.714. The van der Waals surface area contributed by atoms with Gasteiger partial charge in [0, 0.05) is 0 Å². The highest BCUT2D eigenvalue weighted by atomic mass is 28.3. The summed E-state index contributed by atoms with van der Waals surface area (Å²) in [6.07, 6.45) is 15.2. The van der Waals surface area contributed by atoms with Crippen molar-refractivity contribution in [2.45, 2.75) is 94.2 Å². The molecule has 1 aromatic rings. The molecule has 0 aliphatic heterocycles. The summed E-state index contributed by atoms with van der Waals surface area (Å²) in [4.78, 5) is 0. The summed E-state index contributed by atoms with van der Waals surface area (Å²) in [7, 11) is -0.832. The van der Waals surface area contributed by atoms with E-state index in [2.05, 4.69) is 44.2 Å². The molecule has 0 saturated heterocycles. The molecule has 0 bridgehead atoms. The van der Waals surface area contributed by atoms with Crippen LogP contribution in [0.4, 0.5) is 0 Å². The molecule has 0 spiro atoms. The molecular formula is C21H34Si. The molecule has 0 aromatic heterocycles. The van der Waals surface area contributed by atoms with Crippen LogP contribution in [0.3, 0.4) is 0 Å². The van der Waals surface area contributed by atoms with E-state index in [0.717, 1.165) is 11.1 Å². The van der Waals surface area contributed by atoms with Crippen molar-refractivity contribution >= 4 is 8.80 Å². The third-order valence-corrected chi connectivity index (χ3v) is 12.0. The predicted molar refractivity (Wildman–Crippen MR) is 100 cm³/mol. The molecule has 0 heterocycles. The highest BCUT2D eigenvalue weighted by molar-refractivity contribution is 6.65. The Morgan fingerprint density at radius 1 is 0.727 bits per heavy atom. The fourth-order valence-electron chi connectivity index (χ4n) is 5.61. The van der Waals surface area contributed by atoms with Gasteiger partial charge in [0.2, 0.25) is 0 Å². The quantitative estimate of drug-likeness (QED) is 0.564. The summed E-state index contributed by atoms with van der Waals surface area (Å²) in [5.41, 5.74) is 3.84. The summed E-state index contributed by atoms with van der Waals surface area (Å²) in [6, 6.07) is 11.5. The van der Waals surface area contributed by atoms with E-state index in [4.69, 9.17) is 0 Å². The van der Waals surface area contributed by atoms with Crippen molar-refractivity contribution < 1.29 is 0 Å². The highest BCUT2D eigenvalue weighted by Gasteiger charge is 2.43. The van der Waals surface area contributed by atoms with Crippen molar-refractivity contribution in [1.82, 2.24) is 0 Å². The standard InChI is InChI=1S/C21H34Si/c1-21(2,18-12-6-3-7-13-18)22(19-14-8-4-9-15-19)20-16-10-5-11-17-20/h3,6-7,12-13,19-20,22H,4-5,8-11,14-17H2,1-2H3. The van der Waals surface area contributed by atoms with Gasteiger partial charge >= 0.3 is 0 Å². The number of benzene rings is 1. The molecule has 3 rings (SSSR count). The zero-order valence-electron chi connectivity index (χ0n) is 14.7. The van der Waals surface area contributed by atoms with Gasteiger partial charge in [0.15, 0.2) is 0 Å². The second-order valence-corrected chi connectivity index (χ2v) is 12.8. The smallest absolute Gasteiger partial charge is 0.0542 e. The summed E-state index contributed by atoms with van der Waals surface area (Å²) < 4.78 is 0. The van der Waals surface area contributed by atoms with Crippen LogP contribution in [0.2, 0.25) is 11.1 Å². The van der Waals surface area contributed by atoms with E-state index in [9.17, 15) is 0 Å². The maximum Gasteiger partial charge on any atom is 0.0542 e. The van der Waals surface area contributed by atoms with Crippen molar-refractivity contribution in [1.29, 1.82) is 0 Å². The monoisotopic (exact) mass is 314 g/mol. The zero-order chi connectivity index (χ0) is 15.4. The third-order valence-electron chi connectivity index (χ3n) is 6.67. The summed E-state index contributed by atoms with van der Waals surface area (Å²) in [5.74, 6) is 0. The molecule has 2 saturated carbocycles. The van der Waals surface area contributed by atoms with Crippen LogP contribution in [0, 0.1) is 0 Å². The molecule has 2 fully saturated rings. The molecule has 0 N–H and O–H groups in total. The Morgan fingerprint density at radius 2 is 1.18 bits per heavy atom. The second kappa shape index (κ2) is 7.34. The average Bonchev–Trinajstić information content (AvgIpc) is 2.58. The van der Waals surface area contributed by atoms with E-state index in [-0.39, 0.29) is 0 Å². The van der Waals surface area contributed by atoms with Gasteiger partial charge in [-0.25, -0.2) is 0 Å². The van der Waals surface area contributed by atoms with Crippen molar-refractivity contribution in [3.63, 3.8) is 0 Å². The first-order chi connectivity index (χ1) is 10.7. The van der Waals surface area contributed by atoms with E-state index >= 15 is 0 Å². The Bertz CT molecular complexity index is 420. The summed E-state index contributed by atoms with van der Waals surface area (Å²) in [6.45, 7) is 5.20. The number of hydrogen-bond acceptors (Lipinski definition) is 0. The first-order valence-corrected chi connectivity index (χ1v) is 11.7. The molecule has 1 heteroatoms. The van der Waals surface area contributed by atoms with Gasteiger partial charge in [0.05, 0.1) is 8.80 Å². The topological polar surface area (TPSA) is 0 Å². The van der Waals surface area contributed by atoms with Crippen LogP contribution in [-0.4, -0.2) is 8.80 Å². The minimum absolute atomic E-state index is 0.464. The van der Waals surface area contributed by atoms with E-state index in [0.29, 0.717) is 5.04 Å². The second-order valence-electron chi connectivity index (χ2n) is 8.41. The lowest BCUT2D eigenvalue weighted by Gasteiger charge is -2.46. The van der Waals surface area contributed by atoms with E-state index in [1.807, 2.05) is 0 Å². The highest BCUT2D eigenvalue weighted by Crippen LogP contribution is 2.48. The van der Waals surface area contributed by atoms with Crippen LogP contribution in [0.1, 0.15) is 83.6 Å². The molecule has 0 unspecified atom stereocenters. The molecule has 0 radical (unpaired) electrons. The molecule has 22 heavy (non-hydrogen) atoms. The van der Waals surface area contributed by atoms with Crippen LogP contribution in [-0.2, 0) is 5.04 Å². The zero-order valence-corrected chi connectivity index (χ0v) is 15.8.